The lowest BCUT2D eigenvalue weighted by Gasteiger charge is -2.43. The third kappa shape index (κ3) is 6.13. The summed E-state index contributed by atoms with van der Waals surface area (Å²) in [6.45, 7) is 17.8. The normalized spacial score (nSPS) is 28.4. The maximum atomic E-state index is 6.39. The van der Waals surface area contributed by atoms with Crippen molar-refractivity contribution >= 4 is 0 Å². The van der Waals surface area contributed by atoms with Crippen molar-refractivity contribution < 1.29 is 4.74 Å². The summed E-state index contributed by atoms with van der Waals surface area (Å²) in [5, 5.41) is 3.68. The van der Waals surface area contributed by atoms with E-state index in [1.54, 1.807) is 0 Å². The molecule has 0 unspecified atom stereocenters. The average Bonchev–Trinajstić information content (AvgIpc) is 2.34. The van der Waals surface area contributed by atoms with E-state index in [2.05, 4.69) is 53.8 Å². The fourth-order valence-electron chi connectivity index (χ4n) is 2.97. The maximum absolute atomic E-state index is 6.39. The molecule has 0 bridgehead atoms. The first-order chi connectivity index (χ1) is 9.14. The van der Waals surface area contributed by atoms with E-state index in [-0.39, 0.29) is 11.1 Å². The third-order valence-corrected chi connectivity index (χ3v) is 4.55. The first-order valence-corrected chi connectivity index (χ1v) is 8.52. The van der Waals surface area contributed by atoms with Crippen LogP contribution in [0.5, 0.6) is 0 Å². The van der Waals surface area contributed by atoms with Gasteiger partial charge in [0.25, 0.3) is 0 Å². The van der Waals surface area contributed by atoms with Crippen LogP contribution in [0.4, 0.5) is 0 Å². The minimum absolute atomic E-state index is 0.0724. The van der Waals surface area contributed by atoms with Crippen LogP contribution in [-0.4, -0.2) is 24.3 Å². The SMILES string of the molecule is CC(C)COC1(CNC(C)(C)C)CCC(C(C)C)CC1. The molecule has 1 rings (SSSR count). The molecule has 0 aromatic carbocycles. The van der Waals surface area contributed by atoms with Gasteiger partial charge in [-0.25, -0.2) is 0 Å². The summed E-state index contributed by atoms with van der Waals surface area (Å²) in [4.78, 5) is 0. The van der Waals surface area contributed by atoms with Crippen molar-refractivity contribution in [3.05, 3.63) is 0 Å². The summed E-state index contributed by atoms with van der Waals surface area (Å²) in [6, 6.07) is 0. The Kier molecular flexibility index (Phi) is 6.53. The molecule has 2 heteroatoms. The van der Waals surface area contributed by atoms with Crippen molar-refractivity contribution in [3.8, 4) is 0 Å². The van der Waals surface area contributed by atoms with Crippen LogP contribution in [0.1, 0.15) is 74.1 Å². The van der Waals surface area contributed by atoms with Gasteiger partial charge in [-0.1, -0.05) is 27.7 Å². The molecule has 1 aliphatic rings. The molecule has 0 aromatic heterocycles. The molecule has 0 heterocycles. The summed E-state index contributed by atoms with van der Waals surface area (Å²) in [5.41, 5.74) is 0.242. The number of hydrogen-bond acceptors (Lipinski definition) is 2. The predicted octanol–water partition coefficient (Wildman–Crippen LogP) is 4.63. The van der Waals surface area contributed by atoms with Crippen LogP contribution >= 0.6 is 0 Å². The van der Waals surface area contributed by atoms with E-state index in [4.69, 9.17) is 4.74 Å². The van der Waals surface area contributed by atoms with E-state index in [1.807, 2.05) is 0 Å². The van der Waals surface area contributed by atoms with Gasteiger partial charge < -0.3 is 10.1 Å². The van der Waals surface area contributed by atoms with Crippen LogP contribution in [0.25, 0.3) is 0 Å². The zero-order chi connectivity index (χ0) is 15.4. The Morgan fingerprint density at radius 2 is 1.65 bits per heavy atom. The molecule has 0 atom stereocenters. The zero-order valence-electron chi connectivity index (χ0n) is 14.9. The highest BCUT2D eigenvalue weighted by atomic mass is 16.5. The van der Waals surface area contributed by atoms with Crippen molar-refractivity contribution in [1.29, 1.82) is 0 Å². The highest BCUT2D eigenvalue weighted by Crippen LogP contribution is 2.38. The fraction of sp³-hybridized carbons (Fsp3) is 1.00. The van der Waals surface area contributed by atoms with E-state index in [0.29, 0.717) is 5.92 Å². The lowest BCUT2D eigenvalue weighted by atomic mass is 9.74. The van der Waals surface area contributed by atoms with Crippen molar-refractivity contribution in [2.75, 3.05) is 13.2 Å². The molecule has 1 fully saturated rings. The highest BCUT2D eigenvalue weighted by molar-refractivity contribution is 4.92. The largest absolute Gasteiger partial charge is 0.373 e. The van der Waals surface area contributed by atoms with Gasteiger partial charge in [-0.3, -0.25) is 0 Å². The molecule has 1 aliphatic carbocycles. The Morgan fingerprint density at radius 3 is 2.05 bits per heavy atom. The summed E-state index contributed by atoms with van der Waals surface area (Å²) in [7, 11) is 0. The van der Waals surface area contributed by atoms with Gasteiger partial charge in [-0.15, -0.1) is 0 Å². The average molecular weight is 284 g/mol. The Morgan fingerprint density at radius 1 is 1.10 bits per heavy atom. The first-order valence-electron chi connectivity index (χ1n) is 8.52. The molecule has 1 saturated carbocycles. The van der Waals surface area contributed by atoms with E-state index >= 15 is 0 Å². The number of rotatable bonds is 6. The van der Waals surface area contributed by atoms with Crippen LogP contribution in [0.3, 0.4) is 0 Å². The number of hydrogen-bond donors (Lipinski definition) is 1. The van der Waals surface area contributed by atoms with Gasteiger partial charge in [-0.05, 0) is 64.2 Å². The minimum Gasteiger partial charge on any atom is -0.373 e. The molecule has 0 aliphatic heterocycles. The molecule has 2 nitrogen and oxygen atoms in total. The molecule has 0 spiro atoms. The van der Waals surface area contributed by atoms with Gasteiger partial charge in [0.2, 0.25) is 0 Å². The molecular weight excluding hydrogens is 246 g/mol. The Bertz CT molecular complexity index is 270. The second kappa shape index (κ2) is 7.26. The fourth-order valence-corrected chi connectivity index (χ4v) is 2.97. The number of nitrogens with one attached hydrogen (secondary N) is 1. The highest BCUT2D eigenvalue weighted by Gasteiger charge is 2.37. The van der Waals surface area contributed by atoms with Gasteiger partial charge in [0.1, 0.15) is 0 Å². The van der Waals surface area contributed by atoms with Gasteiger partial charge in [0.15, 0.2) is 0 Å². The molecule has 0 radical (unpaired) electrons. The lowest BCUT2D eigenvalue weighted by molar-refractivity contribution is -0.0907. The summed E-state index contributed by atoms with van der Waals surface area (Å²) < 4.78 is 6.39. The van der Waals surface area contributed by atoms with Crippen molar-refractivity contribution in [3.63, 3.8) is 0 Å². The molecule has 0 saturated heterocycles. The molecule has 120 valence electrons. The smallest absolute Gasteiger partial charge is 0.0806 e. The third-order valence-electron chi connectivity index (χ3n) is 4.55. The Balaban J connectivity index is 2.61. The quantitative estimate of drug-likeness (QED) is 0.767. The summed E-state index contributed by atoms with van der Waals surface area (Å²) >= 11 is 0. The van der Waals surface area contributed by atoms with E-state index in [0.717, 1.165) is 25.0 Å². The van der Waals surface area contributed by atoms with E-state index in [1.165, 1.54) is 25.7 Å². The Labute approximate surface area is 127 Å². The Hall–Kier alpha value is -0.0800. The lowest BCUT2D eigenvalue weighted by Crippen LogP contribution is -2.51. The maximum Gasteiger partial charge on any atom is 0.0806 e. The van der Waals surface area contributed by atoms with E-state index < -0.39 is 0 Å². The minimum atomic E-state index is 0.0724. The number of ether oxygens (including phenoxy) is 1. The van der Waals surface area contributed by atoms with Gasteiger partial charge in [-0.2, -0.15) is 0 Å². The van der Waals surface area contributed by atoms with E-state index in [9.17, 15) is 0 Å². The molecule has 0 aromatic rings. The first kappa shape index (κ1) is 18.0. The molecule has 1 N–H and O–H groups in total. The van der Waals surface area contributed by atoms with Gasteiger partial charge in [0.05, 0.1) is 5.60 Å². The van der Waals surface area contributed by atoms with Crippen LogP contribution in [-0.2, 0) is 4.74 Å². The predicted molar refractivity (Wildman–Crippen MR) is 88.1 cm³/mol. The molecule has 20 heavy (non-hydrogen) atoms. The van der Waals surface area contributed by atoms with Crippen molar-refractivity contribution in [2.24, 2.45) is 17.8 Å². The molecular formula is C18H37NO. The van der Waals surface area contributed by atoms with Crippen LogP contribution in [0.15, 0.2) is 0 Å². The van der Waals surface area contributed by atoms with Gasteiger partial charge >= 0.3 is 0 Å². The topological polar surface area (TPSA) is 21.3 Å². The summed E-state index contributed by atoms with van der Waals surface area (Å²) in [5.74, 6) is 2.32. The van der Waals surface area contributed by atoms with Crippen LogP contribution in [0.2, 0.25) is 0 Å². The standard InChI is InChI=1S/C18H37NO/c1-14(2)12-20-18(13-19-17(5,6)7)10-8-16(9-11-18)15(3)4/h14-16,19H,8-13H2,1-7H3. The zero-order valence-corrected chi connectivity index (χ0v) is 14.9. The van der Waals surface area contributed by atoms with Crippen LogP contribution in [0, 0.1) is 17.8 Å². The summed E-state index contributed by atoms with van der Waals surface area (Å²) in [6.07, 6.45) is 5.07. The van der Waals surface area contributed by atoms with Gasteiger partial charge in [0, 0.05) is 18.7 Å². The second-order valence-corrected chi connectivity index (χ2v) is 8.57. The van der Waals surface area contributed by atoms with Crippen LogP contribution < -0.4 is 5.32 Å². The monoisotopic (exact) mass is 283 g/mol. The second-order valence-electron chi connectivity index (χ2n) is 8.57. The molecule has 0 amide bonds. The van der Waals surface area contributed by atoms with Crippen molar-refractivity contribution in [2.45, 2.75) is 85.3 Å². The van der Waals surface area contributed by atoms with Crippen molar-refractivity contribution in [1.82, 2.24) is 5.32 Å².